The molecule has 1 aliphatic heterocycles. The maximum absolute atomic E-state index is 12.1. The van der Waals surface area contributed by atoms with Crippen molar-refractivity contribution in [2.24, 2.45) is 0 Å². The monoisotopic (exact) mass is 330 g/mol. The van der Waals surface area contributed by atoms with Crippen molar-refractivity contribution < 1.29 is 19.0 Å². The second-order valence-electron chi connectivity index (χ2n) is 5.25. The Morgan fingerprint density at radius 3 is 2.79 bits per heavy atom. The molecule has 2 heterocycles. The summed E-state index contributed by atoms with van der Waals surface area (Å²) >= 11 is 0. The van der Waals surface area contributed by atoms with Crippen molar-refractivity contribution in [2.75, 3.05) is 13.4 Å². The lowest BCUT2D eigenvalue weighted by Crippen LogP contribution is -2.32. The lowest BCUT2D eigenvalue weighted by Gasteiger charge is -2.16. The van der Waals surface area contributed by atoms with Gasteiger partial charge >= 0.3 is 5.97 Å². The number of fused-ring (bicyclic) bond motifs is 1. The number of ether oxygens (including phenoxy) is 3. The summed E-state index contributed by atoms with van der Waals surface area (Å²) in [6, 6.07) is 7.69. The van der Waals surface area contributed by atoms with Crippen molar-refractivity contribution in [2.45, 2.75) is 26.3 Å². The number of carbonyl (C=O) groups is 1. The highest BCUT2D eigenvalue weighted by Crippen LogP contribution is 2.35. The first-order chi connectivity index (χ1) is 11.6. The maximum atomic E-state index is 12.1. The van der Waals surface area contributed by atoms with Crippen molar-refractivity contribution in [3.8, 4) is 22.8 Å². The molecule has 1 aliphatic rings. The minimum atomic E-state index is -0.744. The molecule has 1 atom stereocenters. The van der Waals surface area contributed by atoms with E-state index >= 15 is 0 Å². The Hall–Kier alpha value is -2.83. The van der Waals surface area contributed by atoms with Crippen LogP contribution in [-0.4, -0.2) is 29.1 Å². The zero-order valence-corrected chi connectivity index (χ0v) is 13.5. The van der Waals surface area contributed by atoms with E-state index in [9.17, 15) is 9.59 Å². The highest BCUT2D eigenvalue weighted by molar-refractivity contribution is 5.74. The molecular formula is C17H18N2O5. The van der Waals surface area contributed by atoms with Crippen LogP contribution in [0.4, 0.5) is 0 Å². The second-order valence-corrected chi connectivity index (χ2v) is 5.25. The zero-order valence-electron chi connectivity index (χ0n) is 13.5. The normalized spacial score (nSPS) is 13.6. The fraction of sp³-hybridized carbons (Fsp3) is 0.353. The van der Waals surface area contributed by atoms with Gasteiger partial charge in [-0.1, -0.05) is 6.92 Å². The van der Waals surface area contributed by atoms with Crippen LogP contribution in [0.5, 0.6) is 11.5 Å². The molecule has 24 heavy (non-hydrogen) atoms. The fourth-order valence-corrected chi connectivity index (χ4v) is 2.54. The minimum Gasteiger partial charge on any atom is -0.464 e. The van der Waals surface area contributed by atoms with Crippen LogP contribution in [0.3, 0.4) is 0 Å². The minimum absolute atomic E-state index is 0.187. The van der Waals surface area contributed by atoms with Gasteiger partial charge in [-0.25, -0.2) is 9.48 Å². The third kappa shape index (κ3) is 2.97. The molecule has 0 fully saturated rings. The van der Waals surface area contributed by atoms with E-state index in [2.05, 4.69) is 5.10 Å². The van der Waals surface area contributed by atoms with Gasteiger partial charge in [-0.3, -0.25) is 4.79 Å². The van der Waals surface area contributed by atoms with Gasteiger partial charge in [0, 0.05) is 11.6 Å². The molecule has 0 N–H and O–H groups in total. The van der Waals surface area contributed by atoms with E-state index in [0.29, 0.717) is 23.6 Å². The van der Waals surface area contributed by atoms with E-state index in [4.69, 9.17) is 14.2 Å². The summed E-state index contributed by atoms with van der Waals surface area (Å²) in [4.78, 5) is 24.2. The highest BCUT2D eigenvalue weighted by Gasteiger charge is 2.23. The number of hydrogen-bond donors (Lipinski definition) is 0. The number of rotatable bonds is 5. The topological polar surface area (TPSA) is 79.7 Å². The van der Waals surface area contributed by atoms with Gasteiger partial charge in [0.25, 0.3) is 5.56 Å². The smallest absolute Gasteiger partial charge is 0.331 e. The highest BCUT2D eigenvalue weighted by atomic mass is 16.7. The average Bonchev–Trinajstić information content (AvgIpc) is 3.05. The Bertz CT molecular complexity index is 815. The molecule has 0 saturated carbocycles. The Balaban J connectivity index is 1.99. The van der Waals surface area contributed by atoms with Crippen LogP contribution in [0.2, 0.25) is 0 Å². The van der Waals surface area contributed by atoms with Crippen molar-refractivity contribution in [1.82, 2.24) is 9.78 Å². The van der Waals surface area contributed by atoms with Crippen molar-refractivity contribution >= 4 is 5.97 Å². The molecule has 0 radical (unpaired) electrons. The maximum Gasteiger partial charge on any atom is 0.331 e. The first-order valence-corrected chi connectivity index (χ1v) is 7.80. The number of carbonyl (C=O) groups excluding carboxylic acids is 1. The third-order valence-corrected chi connectivity index (χ3v) is 3.73. The predicted octanol–water partition coefficient (Wildman–Crippen LogP) is 2.15. The number of hydrogen-bond acceptors (Lipinski definition) is 6. The summed E-state index contributed by atoms with van der Waals surface area (Å²) < 4.78 is 16.9. The molecular weight excluding hydrogens is 312 g/mol. The lowest BCUT2D eigenvalue weighted by atomic mass is 10.1. The summed E-state index contributed by atoms with van der Waals surface area (Å²) in [5.41, 5.74) is 0.988. The van der Waals surface area contributed by atoms with Crippen LogP contribution in [-0.2, 0) is 9.53 Å². The lowest BCUT2D eigenvalue weighted by molar-refractivity contribution is -0.147. The van der Waals surface area contributed by atoms with Crippen LogP contribution in [0, 0.1) is 0 Å². The van der Waals surface area contributed by atoms with Crippen LogP contribution in [0.15, 0.2) is 35.1 Å². The van der Waals surface area contributed by atoms with Gasteiger partial charge in [0.1, 0.15) is 0 Å². The Labute approximate surface area is 138 Å². The first kappa shape index (κ1) is 16.0. The third-order valence-electron chi connectivity index (χ3n) is 3.73. The Morgan fingerprint density at radius 2 is 2.04 bits per heavy atom. The van der Waals surface area contributed by atoms with E-state index in [1.807, 2.05) is 13.0 Å². The predicted molar refractivity (Wildman–Crippen MR) is 86.0 cm³/mol. The molecule has 0 aliphatic carbocycles. The molecule has 0 saturated heterocycles. The number of benzene rings is 1. The van der Waals surface area contributed by atoms with Crippen molar-refractivity contribution in [1.29, 1.82) is 0 Å². The largest absolute Gasteiger partial charge is 0.464 e. The number of aromatic nitrogens is 2. The SMILES string of the molecule is CCOC(=O)[C@H](CC)n1nc(-c2ccc3c(c2)OCO3)ccc1=O. The van der Waals surface area contributed by atoms with Gasteiger partial charge in [0.2, 0.25) is 6.79 Å². The molecule has 0 bridgehead atoms. The van der Waals surface area contributed by atoms with Crippen LogP contribution in [0.25, 0.3) is 11.3 Å². The van der Waals surface area contributed by atoms with Gasteiger partial charge in [-0.05, 0) is 37.6 Å². The molecule has 2 aromatic rings. The molecule has 126 valence electrons. The van der Waals surface area contributed by atoms with E-state index < -0.39 is 12.0 Å². The van der Waals surface area contributed by atoms with E-state index in [0.717, 1.165) is 5.56 Å². The van der Waals surface area contributed by atoms with E-state index in [1.165, 1.54) is 10.7 Å². The van der Waals surface area contributed by atoms with Gasteiger partial charge in [0.05, 0.1) is 12.3 Å². The van der Waals surface area contributed by atoms with Gasteiger partial charge in [0.15, 0.2) is 17.5 Å². The molecule has 7 nitrogen and oxygen atoms in total. The van der Waals surface area contributed by atoms with E-state index in [-0.39, 0.29) is 19.0 Å². The molecule has 1 aromatic carbocycles. The van der Waals surface area contributed by atoms with Crippen LogP contribution in [0.1, 0.15) is 26.3 Å². The Morgan fingerprint density at radius 1 is 1.25 bits per heavy atom. The van der Waals surface area contributed by atoms with Crippen LogP contribution >= 0.6 is 0 Å². The van der Waals surface area contributed by atoms with Crippen molar-refractivity contribution in [3.05, 3.63) is 40.7 Å². The molecule has 3 rings (SSSR count). The second kappa shape index (κ2) is 6.74. The first-order valence-electron chi connectivity index (χ1n) is 7.80. The fourth-order valence-electron chi connectivity index (χ4n) is 2.54. The Kier molecular flexibility index (Phi) is 4.50. The van der Waals surface area contributed by atoms with Gasteiger partial charge in [-0.2, -0.15) is 5.10 Å². The summed E-state index contributed by atoms with van der Waals surface area (Å²) in [6.07, 6.45) is 0.413. The standard InChI is InChI=1S/C17H18N2O5/c1-3-13(17(21)22-4-2)19-16(20)8-6-12(18-19)11-5-7-14-15(9-11)24-10-23-14/h5-9,13H,3-4,10H2,1-2H3/t13-/m0/s1. The van der Waals surface area contributed by atoms with E-state index in [1.54, 1.807) is 25.1 Å². The molecule has 0 unspecified atom stereocenters. The molecule has 1 aromatic heterocycles. The molecule has 0 spiro atoms. The summed E-state index contributed by atoms with van der Waals surface area (Å²) in [5.74, 6) is 0.840. The van der Waals surface area contributed by atoms with Gasteiger partial charge in [-0.15, -0.1) is 0 Å². The summed E-state index contributed by atoms with van der Waals surface area (Å²) in [6.45, 7) is 3.98. The van der Waals surface area contributed by atoms with Crippen molar-refractivity contribution in [3.63, 3.8) is 0 Å². The molecule has 7 heteroatoms. The summed E-state index contributed by atoms with van der Waals surface area (Å²) in [5, 5.41) is 4.35. The van der Waals surface area contributed by atoms with Crippen LogP contribution < -0.4 is 15.0 Å². The molecule has 0 amide bonds. The van der Waals surface area contributed by atoms with Gasteiger partial charge < -0.3 is 14.2 Å². The summed E-state index contributed by atoms with van der Waals surface area (Å²) in [7, 11) is 0. The quantitative estimate of drug-likeness (QED) is 0.782. The zero-order chi connectivity index (χ0) is 17.1. The number of esters is 1. The number of nitrogens with zero attached hydrogens (tertiary/aromatic N) is 2. The average molecular weight is 330 g/mol.